The quantitative estimate of drug-likeness (QED) is 0.762. The van der Waals surface area contributed by atoms with Crippen molar-refractivity contribution < 1.29 is 4.74 Å². The third-order valence-corrected chi connectivity index (χ3v) is 2.05. The summed E-state index contributed by atoms with van der Waals surface area (Å²) in [6.45, 7) is 2.41. The molecule has 2 aromatic rings. The monoisotopic (exact) mass is 200 g/mol. The van der Waals surface area contributed by atoms with Gasteiger partial charge < -0.3 is 4.74 Å². The Morgan fingerprint density at radius 3 is 2.53 bits per heavy atom. The topological polar surface area (TPSA) is 35.0 Å². The molecule has 0 N–H and O–H groups in total. The van der Waals surface area contributed by atoms with Crippen LogP contribution in [-0.2, 0) is 6.61 Å². The molecule has 0 radical (unpaired) electrons. The molecule has 15 heavy (non-hydrogen) atoms. The Labute approximate surface area is 88.8 Å². The van der Waals surface area contributed by atoms with E-state index in [0.29, 0.717) is 12.5 Å². The molecule has 3 heteroatoms. The van der Waals surface area contributed by atoms with Crippen molar-refractivity contribution in [3.63, 3.8) is 0 Å². The molecule has 0 saturated heterocycles. The third kappa shape index (κ3) is 2.53. The van der Waals surface area contributed by atoms with Crippen LogP contribution in [0.4, 0.5) is 0 Å². The van der Waals surface area contributed by atoms with Crippen LogP contribution in [0.1, 0.15) is 11.3 Å². The van der Waals surface area contributed by atoms with Gasteiger partial charge in [0.25, 0.3) is 0 Å². The highest BCUT2D eigenvalue weighted by Gasteiger charge is 2.00. The molecule has 0 spiro atoms. The molecule has 1 aromatic heterocycles. The number of aryl methyl sites for hydroxylation is 1. The predicted octanol–water partition coefficient (Wildman–Crippen LogP) is 2.36. The Morgan fingerprint density at radius 1 is 1.07 bits per heavy atom. The first-order valence-corrected chi connectivity index (χ1v) is 4.80. The van der Waals surface area contributed by atoms with Crippen LogP contribution < -0.4 is 4.74 Å². The van der Waals surface area contributed by atoms with Crippen LogP contribution in [0.5, 0.6) is 5.88 Å². The van der Waals surface area contributed by atoms with Gasteiger partial charge >= 0.3 is 0 Å². The summed E-state index contributed by atoms with van der Waals surface area (Å²) >= 11 is 0. The maximum atomic E-state index is 5.55. The molecule has 0 saturated carbocycles. The van der Waals surface area contributed by atoms with Crippen molar-refractivity contribution in [2.75, 3.05) is 0 Å². The van der Waals surface area contributed by atoms with Gasteiger partial charge in [0.05, 0.1) is 5.69 Å². The summed E-state index contributed by atoms with van der Waals surface area (Å²) in [4.78, 5) is 8.21. The van der Waals surface area contributed by atoms with Crippen molar-refractivity contribution in [2.24, 2.45) is 0 Å². The Hall–Kier alpha value is -1.90. The normalized spacial score (nSPS) is 9.93. The number of aromatic nitrogens is 2. The van der Waals surface area contributed by atoms with E-state index in [-0.39, 0.29) is 0 Å². The molecule has 2 rings (SSSR count). The molecule has 3 nitrogen and oxygen atoms in total. The first-order valence-electron chi connectivity index (χ1n) is 4.80. The molecule has 0 aliphatic carbocycles. The average molecular weight is 200 g/mol. The Morgan fingerprint density at radius 2 is 1.80 bits per heavy atom. The average Bonchev–Trinajstić information content (AvgIpc) is 2.29. The number of benzene rings is 1. The molecule has 0 unspecified atom stereocenters. The number of nitrogens with zero attached hydrogens (tertiary/aromatic N) is 2. The molecule has 1 aromatic carbocycles. The van der Waals surface area contributed by atoms with Crippen LogP contribution >= 0.6 is 0 Å². The zero-order valence-corrected chi connectivity index (χ0v) is 8.55. The van der Waals surface area contributed by atoms with E-state index in [1.807, 2.05) is 37.3 Å². The Bertz CT molecular complexity index is 429. The highest BCUT2D eigenvalue weighted by Crippen LogP contribution is 2.11. The summed E-state index contributed by atoms with van der Waals surface area (Å²) in [6.07, 6.45) is 3.29. The van der Waals surface area contributed by atoms with E-state index in [0.717, 1.165) is 11.3 Å². The van der Waals surface area contributed by atoms with Crippen molar-refractivity contribution in [3.8, 4) is 5.88 Å². The van der Waals surface area contributed by atoms with Gasteiger partial charge in [-0.1, -0.05) is 30.3 Å². The van der Waals surface area contributed by atoms with Crippen LogP contribution in [0.15, 0.2) is 42.7 Å². The van der Waals surface area contributed by atoms with Gasteiger partial charge in [-0.3, -0.25) is 4.98 Å². The smallest absolute Gasteiger partial charge is 0.235 e. The van der Waals surface area contributed by atoms with Crippen LogP contribution in [-0.4, -0.2) is 9.97 Å². The van der Waals surface area contributed by atoms with Crippen LogP contribution in [0, 0.1) is 6.92 Å². The second-order valence-electron chi connectivity index (χ2n) is 3.22. The predicted molar refractivity (Wildman–Crippen MR) is 57.5 cm³/mol. The molecule has 0 fully saturated rings. The van der Waals surface area contributed by atoms with Gasteiger partial charge in [0.1, 0.15) is 6.61 Å². The molecular formula is C12H12N2O. The van der Waals surface area contributed by atoms with E-state index in [2.05, 4.69) is 9.97 Å². The molecule has 0 amide bonds. The van der Waals surface area contributed by atoms with Crippen LogP contribution in [0.3, 0.4) is 0 Å². The molecule has 1 heterocycles. The largest absolute Gasteiger partial charge is 0.472 e. The third-order valence-electron chi connectivity index (χ3n) is 2.05. The summed E-state index contributed by atoms with van der Waals surface area (Å²) in [7, 11) is 0. The minimum atomic E-state index is 0.528. The molecule has 0 atom stereocenters. The van der Waals surface area contributed by atoms with Gasteiger partial charge in [-0.25, -0.2) is 4.98 Å². The van der Waals surface area contributed by atoms with E-state index < -0.39 is 0 Å². The lowest BCUT2D eigenvalue weighted by Gasteiger charge is -2.06. The van der Waals surface area contributed by atoms with Crippen molar-refractivity contribution in [3.05, 3.63) is 54.0 Å². The minimum absolute atomic E-state index is 0.528. The van der Waals surface area contributed by atoms with E-state index in [9.17, 15) is 0 Å². The van der Waals surface area contributed by atoms with Crippen LogP contribution in [0.25, 0.3) is 0 Å². The van der Waals surface area contributed by atoms with E-state index in [1.54, 1.807) is 12.4 Å². The number of rotatable bonds is 3. The van der Waals surface area contributed by atoms with Crippen molar-refractivity contribution in [2.45, 2.75) is 13.5 Å². The van der Waals surface area contributed by atoms with E-state index in [4.69, 9.17) is 4.74 Å². The summed E-state index contributed by atoms with van der Waals surface area (Å²) in [5.74, 6) is 0.598. The number of ether oxygens (including phenoxy) is 1. The van der Waals surface area contributed by atoms with Crippen molar-refractivity contribution in [1.29, 1.82) is 0 Å². The summed E-state index contributed by atoms with van der Waals surface area (Å²) in [6, 6.07) is 10.00. The van der Waals surface area contributed by atoms with E-state index in [1.165, 1.54) is 0 Å². The van der Waals surface area contributed by atoms with Gasteiger partial charge in [-0.05, 0) is 12.5 Å². The van der Waals surface area contributed by atoms with Crippen molar-refractivity contribution >= 4 is 0 Å². The fourth-order valence-corrected chi connectivity index (χ4v) is 1.26. The maximum absolute atomic E-state index is 5.55. The molecule has 76 valence electrons. The van der Waals surface area contributed by atoms with Gasteiger partial charge in [0, 0.05) is 12.4 Å². The first kappa shape index (κ1) is 9.65. The number of hydrogen-bond donors (Lipinski definition) is 0. The zero-order chi connectivity index (χ0) is 10.5. The second kappa shape index (κ2) is 4.55. The summed E-state index contributed by atoms with van der Waals surface area (Å²) in [5.41, 5.74) is 1.94. The summed E-state index contributed by atoms with van der Waals surface area (Å²) in [5, 5.41) is 0. The minimum Gasteiger partial charge on any atom is -0.472 e. The van der Waals surface area contributed by atoms with Crippen LogP contribution in [0.2, 0.25) is 0 Å². The summed E-state index contributed by atoms with van der Waals surface area (Å²) < 4.78 is 5.55. The second-order valence-corrected chi connectivity index (χ2v) is 3.22. The van der Waals surface area contributed by atoms with Gasteiger partial charge in [-0.15, -0.1) is 0 Å². The number of hydrogen-bond acceptors (Lipinski definition) is 3. The SMILES string of the molecule is Cc1nccnc1OCc1ccccc1. The Balaban J connectivity index is 2.03. The fourth-order valence-electron chi connectivity index (χ4n) is 1.26. The maximum Gasteiger partial charge on any atom is 0.235 e. The molecular weight excluding hydrogens is 188 g/mol. The van der Waals surface area contributed by atoms with Gasteiger partial charge in [-0.2, -0.15) is 0 Å². The highest BCUT2D eigenvalue weighted by molar-refractivity contribution is 5.18. The van der Waals surface area contributed by atoms with Gasteiger partial charge in [0.2, 0.25) is 5.88 Å². The molecule has 0 aliphatic heterocycles. The first-order chi connectivity index (χ1) is 7.36. The standard InChI is InChI=1S/C12H12N2O/c1-10-12(14-8-7-13-10)15-9-11-5-3-2-4-6-11/h2-8H,9H2,1H3. The molecule has 0 aliphatic rings. The van der Waals surface area contributed by atoms with Crippen molar-refractivity contribution in [1.82, 2.24) is 9.97 Å². The molecule has 0 bridgehead atoms. The highest BCUT2D eigenvalue weighted by atomic mass is 16.5. The Kier molecular flexibility index (Phi) is 2.93. The fraction of sp³-hybridized carbons (Fsp3) is 0.167. The lowest BCUT2D eigenvalue weighted by Crippen LogP contribution is -1.99. The lowest BCUT2D eigenvalue weighted by molar-refractivity contribution is 0.290. The van der Waals surface area contributed by atoms with Gasteiger partial charge in [0.15, 0.2) is 0 Å². The lowest BCUT2D eigenvalue weighted by atomic mass is 10.2. The van der Waals surface area contributed by atoms with E-state index >= 15 is 0 Å². The zero-order valence-electron chi connectivity index (χ0n) is 8.55.